The minimum atomic E-state index is -0.535. The van der Waals surface area contributed by atoms with Crippen molar-refractivity contribution >= 4 is 5.91 Å². The van der Waals surface area contributed by atoms with Crippen molar-refractivity contribution in [2.24, 2.45) is 5.73 Å². The Kier molecular flexibility index (Phi) is 4.50. The SMILES string of the molecule is NCCC(=O)NC1(c2cccc(F)c2)CCOCC1. The van der Waals surface area contributed by atoms with Crippen LogP contribution < -0.4 is 11.1 Å². The highest BCUT2D eigenvalue weighted by molar-refractivity contribution is 5.77. The summed E-state index contributed by atoms with van der Waals surface area (Å²) in [6, 6.07) is 6.39. The normalized spacial score (nSPS) is 18.0. The Labute approximate surface area is 112 Å². The molecule has 0 aromatic heterocycles. The van der Waals surface area contributed by atoms with E-state index in [1.807, 2.05) is 6.07 Å². The molecule has 0 aliphatic carbocycles. The second-order valence-corrected chi connectivity index (χ2v) is 4.79. The average Bonchev–Trinajstić information content (AvgIpc) is 2.40. The summed E-state index contributed by atoms with van der Waals surface area (Å²) >= 11 is 0. The maximum atomic E-state index is 13.4. The van der Waals surface area contributed by atoms with Crippen molar-refractivity contribution in [3.05, 3.63) is 35.6 Å². The number of benzene rings is 1. The molecular formula is C14H19FN2O2. The van der Waals surface area contributed by atoms with Gasteiger partial charge in [0, 0.05) is 26.2 Å². The van der Waals surface area contributed by atoms with Crippen LogP contribution in [0, 0.1) is 5.82 Å². The number of rotatable bonds is 4. The molecule has 4 nitrogen and oxygen atoms in total. The number of amides is 1. The van der Waals surface area contributed by atoms with E-state index in [1.54, 1.807) is 6.07 Å². The summed E-state index contributed by atoms with van der Waals surface area (Å²) in [7, 11) is 0. The van der Waals surface area contributed by atoms with Crippen LogP contribution in [0.3, 0.4) is 0 Å². The fourth-order valence-electron chi connectivity index (χ4n) is 2.45. The summed E-state index contributed by atoms with van der Waals surface area (Å²) in [4.78, 5) is 11.8. The second-order valence-electron chi connectivity index (χ2n) is 4.79. The van der Waals surface area contributed by atoms with E-state index in [-0.39, 0.29) is 18.1 Å². The molecule has 1 saturated heterocycles. The number of hydrogen-bond acceptors (Lipinski definition) is 3. The highest BCUT2D eigenvalue weighted by Crippen LogP contribution is 2.32. The van der Waals surface area contributed by atoms with Gasteiger partial charge in [0.2, 0.25) is 5.91 Å². The number of ether oxygens (including phenoxy) is 1. The molecule has 3 N–H and O–H groups in total. The van der Waals surface area contributed by atoms with E-state index in [0.717, 1.165) is 5.56 Å². The molecule has 5 heteroatoms. The Morgan fingerprint density at radius 3 is 2.79 bits per heavy atom. The fourth-order valence-corrected chi connectivity index (χ4v) is 2.45. The van der Waals surface area contributed by atoms with Gasteiger partial charge in [-0.3, -0.25) is 4.79 Å². The first kappa shape index (κ1) is 14.0. The summed E-state index contributed by atoms with van der Waals surface area (Å²) in [5, 5.41) is 3.01. The summed E-state index contributed by atoms with van der Waals surface area (Å²) in [5.74, 6) is -0.398. The van der Waals surface area contributed by atoms with Gasteiger partial charge in [-0.15, -0.1) is 0 Å². The Morgan fingerprint density at radius 2 is 2.16 bits per heavy atom. The Balaban J connectivity index is 2.26. The quantitative estimate of drug-likeness (QED) is 0.863. The number of nitrogens with two attached hydrogens (primary N) is 1. The van der Waals surface area contributed by atoms with Crippen LogP contribution in [0.25, 0.3) is 0 Å². The molecule has 0 bridgehead atoms. The van der Waals surface area contributed by atoms with E-state index < -0.39 is 5.54 Å². The van der Waals surface area contributed by atoms with Crippen LogP contribution in [-0.4, -0.2) is 25.7 Å². The molecule has 0 atom stereocenters. The smallest absolute Gasteiger partial charge is 0.221 e. The third-order valence-electron chi connectivity index (χ3n) is 3.47. The Bertz CT molecular complexity index is 445. The highest BCUT2D eigenvalue weighted by atomic mass is 19.1. The molecule has 0 spiro atoms. The second kappa shape index (κ2) is 6.12. The molecule has 0 radical (unpaired) electrons. The molecular weight excluding hydrogens is 247 g/mol. The van der Waals surface area contributed by atoms with Gasteiger partial charge in [-0.2, -0.15) is 0 Å². The van der Waals surface area contributed by atoms with Gasteiger partial charge in [-0.05, 0) is 30.5 Å². The van der Waals surface area contributed by atoms with Crippen LogP contribution in [0.15, 0.2) is 24.3 Å². The van der Waals surface area contributed by atoms with Crippen molar-refractivity contribution in [3.8, 4) is 0 Å². The third-order valence-corrected chi connectivity index (χ3v) is 3.47. The van der Waals surface area contributed by atoms with Crippen molar-refractivity contribution in [1.82, 2.24) is 5.32 Å². The van der Waals surface area contributed by atoms with Crippen LogP contribution in [0.1, 0.15) is 24.8 Å². The minimum Gasteiger partial charge on any atom is -0.381 e. The Morgan fingerprint density at radius 1 is 1.42 bits per heavy atom. The molecule has 0 saturated carbocycles. The number of hydrogen-bond donors (Lipinski definition) is 2. The monoisotopic (exact) mass is 266 g/mol. The summed E-state index contributed by atoms with van der Waals surface area (Å²) in [6.45, 7) is 1.42. The number of nitrogens with one attached hydrogen (secondary N) is 1. The maximum absolute atomic E-state index is 13.4. The van der Waals surface area contributed by atoms with Crippen LogP contribution in [0.5, 0.6) is 0 Å². The zero-order valence-electron chi connectivity index (χ0n) is 10.8. The summed E-state index contributed by atoms with van der Waals surface area (Å²) in [6.07, 6.45) is 1.57. The van der Waals surface area contributed by atoms with Crippen molar-refractivity contribution in [1.29, 1.82) is 0 Å². The molecule has 1 aliphatic heterocycles. The van der Waals surface area contributed by atoms with E-state index in [4.69, 9.17) is 10.5 Å². The molecule has 0 unspecified atom stereocenters. The van der Waals surface area contributed by atoms with E-state index in [1.165, 1.54) is 12.1 Å². The standard InChI is InChI=1S/C14H19FN2O2/c15-12-3-1-2-11(10-12)14(5-8-19-9-6-14)17-13(18)4-7-16/h1-3,10H,4-9,16H2,(H,17,18). The molecule has 19 heavy (non-hydrogen) atoms. The van der Waals surface area contributed by atoms with Gasteiger partial charge in [0.05, 0.1) is 5.54 Å². The van der Waals surface area contributed by atoms with Crippen molar-refractivity contribution in [3.63, 3.8) is 0 Å². The number of carbonyl (C=O) groups is 1. The van der Waals surface area contributed by atoms with E-state index >= 15 is 0 Å². The lowest BCUT2D eigenvalue weighted by molar-refractivity contribution is -0.124. The lowest BCUT2D eigenvalue weighted by Crippen LogP contribution is -2.49. The van der Waals surface area contributed by atoms with Gasteiger partial charge in [0.25, 0.3) is 0 Å². The van der Waals surface area contributed by atoms with Gasteiger partial charge in [-0.25, -0.2) is 4.39 Å². The van der Waals surface area contributed by atoms with Crippen molar-refractivity contribution in [2.45, 2.75) is 24.8 Å². The zero-order valence-corrected chi connectivity index (χ0v) is 10.8. The predicted octanol–water partition coefficient (Wildman–Crippen LogP) is 1.30. The topological polar surface area (TPSA) is 64.4 Å². The van der Waals surface area contributed by atoms with Gasteiger partial charge in [0.1, 0.15) is 5.82 Å². The first-order chi connectivity index (χ1) is 9.16. The van der Waals surface area contributed by atoms with Gasteiger partial charge in [0.15, 0.2) is 0 Å². The van der Waals surface area contributed by atoms with E-state index in [2.05, 4.69) is 5.32 Å². The largest absolute Gasteiger partial charge is 0.381 e. The van der Waals surface area contributed by atoms with Gasteiger partial charge in [-0.1, -0.05) is 12.1 Å². The molecule has 1 aromatic carbocycles. The van der Waals surface area contributed by atoms with Gasteiger partial charge >= 0.3 is 0 Å². The van der Waals surface area contributed by atoms with Crippen molar-refractivity contribution in [2.75, 3.05) is 19.8 Å². The molecule has 1 heterocycles. The minimum absolute atomic E-state index is 0.103. The molecule has 1 fully saturated rings. The molecule has 1 aliphatic rings. The number of halogens is 1. The van der Waals surface area contributed by atoms with Crippen LogP contribution in [0.4, 0.5) is 4.39 Å². The number of carbonyl (C=O) groups excluding carboxylic acids is 1. The maximum Gasteiger partial charge on any atom is 0.221 e. The third kappa shape index (κ3) is 3.30. The molecule has 104 valence electrons. The lowest BCUT2D eigenvalue weighted by atomic mass is 9.82. The zero-order chi connectivity index (χ0) is 13.7. The molecule has 1 aromatic rings. The van der Waals surface area contributed by atoms with Crippen molar-refractivity contribution < 1.29 is 13.9 Å². The van der Waals surface area contributed by atoms with Crippen LogP contribution in [-0.2, 0) is 15.1 Å². The van der Waals surface area contributed by atoms with E-state index in [0.29, 0.717) is 32.6 Å². The van der Waals surface area contributed by atoms with Gasteiger partial charge < -0.3 is 15.8 Å². The fraction of sp³-hybridized carbons (Fsp3) is 0.500. The van der Waals surface area contributed by atoms with Crippen LogP contribution in [0.2, 0.25) is 0 Å². The summed E-state index contributed by atoms with van der Waals surface area (Å²) in [5.41, 5.74) is 5.65. The molecule has 2 rings (SSSR count). The summed E-state index contributed by atoms with van der Waals surface area (Å²) < 4.78 is 18.8. The average molecular weight is 266 g/mol. The first-order valence-corrected chi connectivity index (χ1v) is 6.51. The van der Waals surface area contributed by atoms with Crippen LogP contribution >= 0.6 is 0 Å². The lowest BCUT2D eigenvalue weighted by Gasteiger charge is -2.38. The molecule has 1 amide bonds. The first-order valence-electron chi connectivity index (χ1n) is 6.51. The highest BCUT2D eigenvalue weighted by Gasteiger charge is 2.35. The predicted molar refractivity (Wildman–Crippen MR) is 69.9 cm³/mol. The van der Waals surface area contributed by atoms with E-state index in [9.17, 15) is 9.18 Å². The Hall–Kier alpha value is -1.46.